The number of hydrogen-bond acceptors (Lipinski definition) is 1. The molecule has 0 aliphatic carbocycles. The van der Waals surface area contributed by atoms with Crippen molar-refractivity contribution in [3.05, 3.63) is 38.3 Å². The lowest BCUT2D eigenvalue weighted by atomic mass is 10.1. The van der Waals surface area contributed by atoms with Gasteiger partial charge in [-0.05, 0) is 56.0 Å². The molecule has 2 N–H and O–H groups in total. The van der Waals surface area contributed by atoms with Crippen molar-refractivity contribution in [2.24, 2.45) is 5.73 Å². The lowest BCUT2D eigenvalue weighted by Gasteiger charge is -2.02. The summed E-state index contributed by atoms with van der Waals surface area (Å²) in [6, 6.07) is 6.18. The molecular weight excluding hydrogens is 306 g/mol. The summed E-state index contributed by atoms with van der Waals surface area (Å²) in [5.74, 6) is 0. The highest BCUT2D eigenvalue weighted by molar-refractivity contribution is 9.13. The van der Waals surface area contributed by atoms with Crippen molar-refractivity contribution < 1.29 is 0 Å². The third-order valence-electron chi connectivity index (χ3n) is 2.03. The van der Waals surface area contributed by atoms with Gasteiger partial charge in [0.15, 0.2) is 0 Å². The van der Waals surface area contributed by atoms with E-state index in [1.807, 2.05) is 6.07 Å². The third-order valence-corrected chi connectivity index (χ3v) is 3.91. The zero-order valence-corrected chi connectivity index (χ0v) is 11.2. The molecule has 1 rings (SSSR count). The van der Waals surface area contributed by atoms with E-state index in [1.54, 1.807) is 0 Å². The Morgan fingerprint density at radius 2 is 2.07 bits per heavy atom. The van der Waals surface area contributed by atoms with Crippen LogP contribution in [-0.4, -0.2) is 6.54 Å². The lowest BCUT2D eigenvalue weighted by Crippen LogP contribution is -2.01. The van der Waals surface area contributed by atoms with E-state index in [4.69, 9.17) is 5.73 Å². The van der Waals surface area contributed by atoms with Gasteiger partial charge in [-0.3, -0.25) is 0 Å². The maximum Gasteiger partial charge on any atom is 0.0323 e. The maximum atomic E-state index is 5.61. The van der Waals surface area contributed by atoms with Crippen LogP contribution < -0.4 is 5.73 Å². The Kier molecular flexibility index (Phi) is 4.85. The molecule has 0 atom stereocenters. The minimum Gasteiger partial charge on any atom is -0.327 e. The molecule has 1 nitrogen and oxygen atoms in total. The molecule has 14 heavy (non-hydrogen) atoms. The Bertz CT molecular complexity index is 339. The van der Waals surface area contributed by atoms with Crippen LogP contribution in [0.3, 0.4) is 0 Å². The second-order valence-corrected chi connectivity index (χ2v) is 4.74. The summed E-state index contributed by atoms with van der Waals surface area (Å²) in [6.07, 6.45) is 3.14. The molecule has 0 heterocycles. The van der Waals surface area contributed by atoms with Gasteiger partial charge in [-0.1, -0.05) is 24.6 Å². The van der Waals surface area contributed by atoms with Crippen LogP contribution in [0, 0.1) is 0 Å². The predicted molar refractivity (Wildman–Crippen MR) is 69.2 cm³/mol. The normalized spacial score (nSPS) is 11.9. The highest BCUT2D eigenvalue weighted by Crippen LogP contribution is 2.24. The molecule has 0 saturated heterocycles. The van der Waals surface area contributed by atoms with E-state index >= 15 is 0 Å². The fourth-order valence-electron chi connectivity index (χ4n) is 1.14. The molecule has 1 aromatic carbocycles. The van der Waals surface area contributed by atoms with Crippen LogP contribution in [0.15, 0.2) is 32.7 Å². The van der Waals surface area contributed by atoms with Crippen molar-refractivity contribution >= 4 is 37.9 Å². The largest absolute Gasteiger partial charge is 0.327 e. The molecule has 3 heteroatoms. The van der Waals surface area contributed by atoms with Crippen molar-refractivity contribution in [2.45, 2.75) is 13.3 Å². The molecule has 0 aliphatic rings. The lowest BCUT2D eigenvalue weighted by molar-refractivity contribution is 1.02. The molecule has 0 unspecified atom stereocenters. The Balaban J connectivity index is 2.97. The van der Waals surface area contributed by atoms with E-state index in [9.17, 15) is 0 Å². The van der Waals surface area contributed by atoms with Gasteiger partial charge >= 0.3 is 0 Å². The SMILES string of the molecule is CC/C(=C/c1ccc(Br)c(Br)c1)CN. The van der Waals surface area contributed by atoms with Crippen molar-refractivity contribution in [1.82, 2.24) is 0 Å². The number of nitrogens with two attached hydrogens (primary N) is 1. The summed E-state index contributed by atoms with van der Waals surface area (Å²) in [7, 11) is 0. The van der Waals surface area contributed by atoms with Gasteiger partial charge in [0.2, 0.25) is 0 Å². The first kappa shape index (κ1) is 12.0. The van der Waals surface area contributed by atoms with Crippen LogP contribution in [0.2, 0.25) is 0 Å². The number of benzene rings is 1. The van der Waals surface area contributed by atoms with Crippen molar-refractivity contribution in [3.8, 4) is 0 Å². The first-order valence-electron chi connectivity index (χ1n) is 4.52. The second-order valence-electron chi connectivity index (χ2n) is 3.03. The van der Waals surface area contributed by atoms with Gasteiger partial charge in [0.25, 0.3) is 0 Å². The Labute approximate surface area is 102 Å². The fraction of sp³-hybridized carbons (Fsp3) is 0.273. The molecule has 0 radical (unpaired) electrons. The molecule has 0 fully saturated rings. The van der Waals surface area contributed by atoms with Gasteiger partial charge in [-0.25, -0.2) is 0 Å². The Morgan fingerprint density at radius 1 is 1.36 bits per heavy atom. The second kappa shape index (κ2) is 5.69. The van der Waals surface area contributed by atoms with Crippen LogP contribution in [0.4, 0.5) is 0 Å². The number of rotatable bonds is 3. The molecule has 0 amide bonds. The summed E-state index contributed by atoms with van der Waals surface area (Å²) in [5, 5.41) is 0. The summed E-state index contributed by atoms with van der Waals surface area (Å²) in [6.45, 7) is 2.75. The van der Waals surface area contributed by atoms with Gasteiger partial charge in [-0.15, -0.1) is 0 Å². The quantitative estimate of drug-likeness (QED) is 0.896. The number of hydrogen-bond donors (Lipinski definition) is 1. The summed E-state index contributed by atoms with van der Waals surface area (Å²) in [5.41, 5.74) is 8.06. The monoisotopic (exact) mass is 317 g/mol. The molecule has 76 valence electrons. The topological polar surface area (TPSA) is 26.0 Å². The first-order chi connectivity index (χ1) is 6.67. The molecule has 0 aliphatic heterocycles. The van der Waals surface area contributed by atoms with E-state index < -0.39 is 0 Å². The number of halogens is 2. The highest BCUT2D eigenvalue weighted by atomic mass is 79.9. The Hall–Kier alpha value is -0.120. The van der Waals surface area contributed by atoms with Gasteiger partial charge in [0, 0.05) is 15.5 Å². The van der Waals surface area contributed by atoms with Gasteiger partial charge in [0.1, 0.15) is 0 Å². The van der Waals surface area contributed by atoms with E-state index in [0.717, 1.165) is 15.4 Å². The van der Waals surface area contributed by atoms with Gasteiger partial charge < -0.3 is 5.73 Å². The zero-order chi connectivity index (χ0) is 10.6. The zero-order valence-electron chi connectivity index (χ0n) is 8.06. The Morgan fingerprint density at radius 3 is 2.57 bits per heavy atom. The molecule has 0 aromatic heterocycles. The molecule has 0 bridgehead atoms. The summed E-state index contributed by atoms with van der Waals surface area (Å²) >= 11 is 6.91. The van der Waals surface area contributed by atoms with E-state index in [0.29, 0.717) is 6.54 Å². The molecular formula is C11H13Br2N. The average molecular weight is 319 g/mol. The minimum atomic E-state index is 0.629. The minimum absolute atomic E-state index is 0.629. The third kappa shape index (κ3) is 3.23. The molecule has 0 saturated carbocycles. The van der Waals surface area contributed by atoms with Crippen molar-refractivity contribution in [1.29, 1.82) is 0 Å². The smallest absolute Gasteiger partial charge is 0.0323 e. The van der Waals surface area contributed by atoms with E-state index in [1.165, 1.54) is 11.1 Å². The molecule has 0 spiro atoms. The maximum absolute atomic E-state index is 5.61. The van der Waals surface area contributed by atoms with Crippen molar-refractivity contribution in [2.75, 3.05) is 6.54 Å². The van der Waals surface area contributed by atoms with E-state index in [-0.39, 0.29) is 0 Å². The average Bonchev–Trinajstić information content (AvgIpc) is 2.19. The van der Waals surface area contributed by atoms with Crippen LogP contribution >= 0.6 is 31.9 Å². The van der Waals surface area contributed by atoms with Crippen LogP contribution in [0.1, 0.15) is 18.9 Å². The standard InChI is InChI=1S/C11H13Br2N/c1-2-8(7-14)5-9-3-4-10(12)11(13)6-9/h3-6H,2,7,14H2,1H3/b8-5-. The van der Waals surface area contributed by atoms with Crippen LogP contribution in [0.25, 0.3) is 6.08 Å². The fourth-order valence-corrected chi connectivity index (χ4v) is 1.79. The first-order valence-corrected chi connectivity index (χ1v) is 6.10. The molecule has 1 aromatic rings. The highest BCUT2D eigenvalue weighted by Gasteiger charge is 1.97. The summed E-state index contributed by atoms with van der Waals surface area (Å²) < 4.78 is 2.14. The predicted octanol–water partition coefficient (Wildman–Crippen LogP) is 3.96. The van der Waals surface area contributed by atoms with Crippen LogP contribution in [-0.2, 0) is 0 Å². The van der Waals surface area contributed by atoms with Gasteiger partial charge in [-0.2, -0.15) is 0 Å². The van der Waals surface area contributed by atoms with Gasteiger partial charge in [0.05, 0.1) is 0 Å². The van der Waals surface area contributed by atoms with Crippen molar-refractivity contribution in [3.63, 3.8) is 0 Å². The van der Waals surface area contributed by atoms with Crippen LogP contribution in [0.5, 0.6) is 0 Å². The summed E-state index contributed by atoms with van der Waals surface area (Å²) in [4.78, 5) is 0. The van der Waals surface area contributed by atoms with E-state index in [2.05, 4.69) is 57.0 Å².